The molecule has 0 bridgehead atoms. The molecule has 1 atom stereocenters. The van der Waals surface area contributed by atoms with E-state index in [-0.39, 0.29) is 17.9 Å². The minimum Gasteiger partial charge on any atom is -0.354 e. The van der Waals surface area contributed by atoms with E-state index in [1.807, 2.05) is 52.2 Å². The van der Waals surface area contributed by atoms with Gasteiger partial charge in [-0.3, -0.25) is 4.79 Å². The normalized spacial score (nSPS) is 16.8. The van der Waals surface area contributed by atoms with Gasteiger partial charge < -0.3 is 10.2 Å². The quantitative estimate of drug-likeness (QED) is 0.662. The molecule has 0 saturated carbocycles. The molecule has 1 heterocycles. The summed E-state index contributed by atoms with van der Waals surface area (Å²) in [7, 11) is 0.520. The molecule has 1 saturated heterocycles. The Morgan fingerprint density at radius 1 is 1.06 bits per heavy atom. The number of nitrogens with zero attached hydrogens (tertiary/aromatic N) is 2. The van der Waals surface area contributed by atoms with E-state index in [1.54, 1.807) is 12.1 Å². The second-order valence-electron chi connectivity index (χ2n) is 8.98. The van der Waals surface area contributed by atoms with Crippen molar-refractivity contribution in [3.05, 3.63) is 65.2 Å². The van der Waals surface area contributed by atoms with Crippen LogP contribution >= 0.6 is 0 Å². The molecule has 7 heteroatoms. The average Bonchev–Trinajstić information content (AvgIpc) is 2.78. The lowest BCUT2D eigenvalue weighted by Gasteiger charge is -2.31. The van der Waals surface area contributed by atoms with Gasteiger partial charge in [-0.05, 0) is 76.0 Å². The van der Waals surface area contributed by atoms with E-state index in [1.165, 1.54) is 9.87 Å². The van der Waals surface area contributed by atoms with Crippen molar-refractivity contribution in [3.63, 3.8) is 0 Å². The van der Waals surface area contributed by atoms with Crippen LogP contribution in [-0.2, 0) is 21.2 Å². The number of hydrogen-bond acceptors (Lipinski definition) is 4. The van der Waals surface area contributed by atoms with Gasteiger partial charge >= 0.3 is 0 Å². The van der Waals surface area contributed by atoms with Crippen LogP contribution in [-0.4, -0.2) is 63.3 Å². The second-order valence-corrected chi connectivity index (χ2v) is 10.9. The van der Waals surface area contributed by atoms with Crippen molar-refractivity contribution in [2.75, 3.05) is 33.7 Å². The van der Waals surface area contributed by atoms with Gasteiger partial charge in [0.2, 0.25) is 15.9 Å². The van der Waals surface area contributed by atoms with Crippen LogP contribution in [0.1, 0.15) is 29.5 Å². The van der Waals surface area contributed by atoms with Crippen molar-refractivity contribution in [1.82, 2.24) is 14.5 Å². The Balaban J connectivity index is 1.54. The number of benzene rings is 2. The Morgan fingerprint density at radius 3 is 2.31 bits per heavy atom. The number of sulfonamides is 1. The summed E-state index contributed by atoms with van der Waals surface area (Å²) in [5.41, 5.74) is 3.28. The summed E-state index contributed by atoms with van der Waals surface area (Å²) in [4.78, 5) is 15.3. The number of carbonyl (C=O) groups is 1. The summed E-state index contributed by atoms with van der Waals surface area (Å²) in [5, 5.41) is 3.10. The van der Waals surface area contributed by atoms with Crippen LogP contribution in [0.15, 0.2) is 53.4 Å². The first-order chi connectivity index (χ1) is 15.2. The number of rotatable bonds is 8. The minimum absolute atomic E-state index is 0.0214. The fraction of sp³-hybridized carbons (Fsp3) is 0.480. The van der Waals surface area contributed by atoms with Crippen molar-refractivity contribution in [2.24, 2.45) is 5.92 Å². The van der Waals surface area contributed by atoms with Crippen LogP contribution in [0.4, 0.5) is 0 Å². The van der Waals surface area contributed by atoms with Crippen molar-refractivity contribution >= 4 is 15.9 Å². The first-order valence-corrected chi connectivity index (χ1v) is 12.7. The third kappa shape index (κ3) is 5.97. The van der Waals surface area contributed by atoms with E-state index in [2.05, 4.69) is 22.3 Å². The molecule has 3 rings (SSSR count). The maximum Gasteiger partial charge on any atom is 0.243 e. The van der Waals surface area contributed by atoms with Gasteiger partial charge in [0.25, 0.3) is 0 Å². The Hall–Kier alpha value is -2.22. The van der Waals surface area contributed by atoms with E-state index in [0.29, 0.717) is 37.4 Å². The molecule has 32 heavy (non-hydrogen) atoms. The monoisotopic (exact) mass is 457 g/mol. The molecule has 1 N–H and O–H groups in total. The molecule has 0 aliphatic carbocycles. The zero-order valence-electron chi connectivity index (χ0n) is 19.5. The highest BCUT2D eigenvalue weighted by Gasteiger charge is 2.32. The molecule has 0 aromatic heterocycles. The predicted octanol–water partition coefficient (Wildman–Crippen LogP) is 2.99. The van der Waals surface area contributed by atoms with E-state index in [9.17, 15) is 13.2 Å². The molecule has 0 radical (unpaired) electrons. The number of carbonyl (C=O) groups excluding carboxylic acids is 1. The van der Waals surface area contributed by atoms with Crippen molar-refractivity contribution in [1.29, 1.82) is 0 Å². The van der Waals surface area contributed by atoms with Gasteiger partial charge in [-0.1, -0.05) is 36.4 Å². The van der Waals surface area contributed by atoms with Crippen LogP contribution in [0.2, 0.25) is 0 Å². The molecule has 1 unspecified atom stereocenters. The predicted molar refractivity (Wildman–Crippen MR) is 128 cm³/mol. The van der Waals surface area contributed by atoms with E-state index in [0.717, 1.165) is 17.5 Å². The highest BCUT2D eigenvalue weighted by atomic mass is 32.2. The van der Waals surface area contributed by atoms with Crippen LogP contribution in [0.5, 0.6) is 0 Å². The van der Waals surface area contributed by atoms with Crippen LogP contribution in [0.25, 0.3) is 0 Å². The van der Waals surface area contributed by atoms with Crippen LogP contribution in [0.3, 0.4) is 0 Å². The molecule has 1 fully saturated rings. The Morgan fingerprint density at radius 2 is 1.72 bits per heavy atom. The molecule has 2 aromatic carbocycles. The molecule has 2 aromatic rings. The number of aryl methyl sites for hydroxylation is 2. The number of likely N-dealkylation sites (N-methyl/N-ethyl adjacent to an activating group) is 1. The zero-order valence-corrected chi connectivity index (χ0v) is 20.4. The zero-order chi connectivity index (χ0) is 23.3. The standard InChI is InChI=1S/C25H35N3O3S/c1-19-10-11-24(16-20(19)2)32(30,31)28-14-12-22(13-15-28)25(29)26-18-23(27(3)4)17-21-8-6-5-7-9-21/h5-11,16,22-23H,12-15,17-18H2,1-4H3,(H,26,29). The van der Waals surface area contributed by atoms with Gasteiger partial charge in [0, 0.05) is 31.6 Å². The first kappa shape index (κ1) is 24.4. The maximum atomic E-state index is 13.0. The molecule has 0 spiro atoms. The summed E-state index contributed by atoms with van der Waals surface area (Å²) >= 11 is 0. The van der Waals surface area contributed by atoms with Crippen molar-refractivity contribution < 1.29 is 13.2 Å². The summed E-state index contributed by atoms with van der Waals surface area (Å²) in [5.74, 6) is -0.131. The molecular weight excluding hydrogens is 422 g/mol. The Labute approximate surface area is 192 Å². The fourth-order valence-electron chi connectivity index (χ4n) is 4.07. The number of piperidine rings is 1. The molecule has 174 valence electrons. The maximum absolute atomic E-state index is 13.0. The molecule has 1 aliphatic rings. The highest BCUT2D eigenvalue weighted by Crippen LogP contribution is 2.25. The van der Waals surface area contributed by atoms with Crippen LogP contribution < -0.4 is 5.32 Å². The highest BCUT2D eigenvalue weighted by molar-refractivity contribution is 7.89. The number of nitrogens with one attached hydrogen (secondary N) is 1. The fourth-order valence-corrected chi connectivity index (χ4v) is 5.62. The molecule has 6 nitrogen and oxygen atoms in total. The molecule has 1 aliphatic heterocycles. The summed E-state index contributed by atoms with van der Waals surface area (Å²) < 4.78 is 27.5. The molecule has 1 amide bonds. The lowest BCUT2D eigenvalue weighted by molar-refractivity contribution is -0.126. The topological polar surface area (TPSA) is 69.7 Å². The Bertz CT molecular complexity index is 1010. The minimum atomic E-state index is -3.53. The third-order valence-electron chi connectivity index (χ3n) is 6.50. The number of hydrogen-bond donors (Lipinski definition) is 1. The third-order valence-corrected chi connectivity index (χ3v) is 8.39. The lowest BCUT2D eigenvalue weighted by Crippen LogP contribution is -2.46. The summed E-state index contributed by atoms with van der Waals surface area (Å²) in [6, 6.07) is 15.7. The van der Waals surface area contributed by atoms with Gasteiger partial charge in [-0.15, -0.1) is 0 Å². The average molecular weight is 458 g/mol. The van der Waals surface area contributed by atoms with E-state index < -0.39 is 10.0 Å². The number of amides is 1. The largest absolute Gasteiger partial charge is 0.354 e. The van der Waals surface area contributed by atoms with Gasteiger partial charge in [0.05, 0.1) is 4.90 Å². The van der Waals surface area contributed by atoms with Crippen molar-refractivity contribution in [3.8, 4) is 0 Å². The summed E-state index contributed by atoms with van der Waals surface area (Å²) in [6.45, 7) is 5.20. The van der Waals surface area contributed by atoms with Gasteiger partial charge in [0.15, 0.2) is 0 Å². The second kappa shape index (κ2) is 10.6. The first-order valence-electron chi connectivity index (χ1n) is 11.2. The smallest absolute Gasteiger partial charge is 0.243 e. The Kier molecular flexibility index (Phi) is 8.09. The van der Waals surface area contributed by atoms with E-state index >= 15 is 0 Å². The van der Waals surface area contributed by atoms with Crippen molar-refractivity contribution in [2.45, 2.75) is 44.0 Å². The lowest BCUT2D eigenvalue weighted by atomic mass is 9.97. The van der Waals surface area contributed by atoms with Gasteiger partial charge in [-0.25, -0.2) is 8.42 Å². The van der Waals surface area contributed by atoms with E-state index in [4.69, 9.17) is 0 Å². The van der Waals surface area contributed by atoms with Gasteiger partial charge in [0.1, 0.15) is 0 Å². The molecular formula is C25H35N3O3S. The summed E-state index contributed by atoms with van der Waals surface area (Å²) in [6.07, 6.45) is 1.95. The van der Waals surface area contributed by atoms with Gasteiger partial charge in [-0.2, -0.15) is 4.31 Å². The SMILES string of the molecule is Cc1ccc(S(=O)(=O)N2CCC(C(=O)NCC(Cc3ccccc3)N(C)C)CC2)cc1C. The van der Waals surface area contributed by atoms with Crippen LogP contribution in [0, 0.1) is 19.8 Å².